The number of carbonyl (C=O) groups excluding carboxylic acids is 1. The standard InChI is InChI=1S/C11H13NO2/c1-3-11(14)9-5-4-6-10(7-9)12-8(2)13/h3-7,11,14H,1H2,2H3,(H,12,13). The maximum atomic E-state index is 10.8. The van der Waals surface area contributed by atoms with Crippen molar-refractivity contribution >= 4 is 11.6 Å². The highest BCUT2D eigenvalue weighted by molar-refractivity contribution is 5.88. The van der Waals surface area contributed by atoms with E-state index in [2.05, 4.69) is 11.9 Å². The van der Waals surface area contributed by atoms with E-state index >= 15 is 0 Å². The van der Waals surface area contributed by atoms with Crippen LogP contribution in [0.15, 0.2) is 36.9 Å². The zero-order valence-corrected chi connectivity index (χ0v) is 8.03. The van der Waals surface area contributed by atoms with Crippen LogP contribution in [0, 0.1) is 0 Å². The van der Waals surface area contributed by atoms with Gasteiger partial charge in [-0.3, -0.25) is 4.79 Å². The maximum Gasteiger partial charge on any atom is 0.221 e. The molecule has 0 aliphatic rings. The summed E-state index contributed by atoms with van der Waals surface area (Å²) in [4.78, 5) is 10.8. The summed E-state index contributed by atoms with van der Waals surface area (Å²) in [6.45, 7) is 4.93. The van der Waals surface area contributed by atoms with Crippen molar-refractivity contribution in [1.29, 1.82) is 0 Å². The minimum Gasteiger partial charge on any atom is -0.384 e. The summed E-state index contributed by atoms with van der Waals surface area (Å²) in [6, 6.07) is 7.03. The molecule has 1 atom stereocenters. The van der Waals surface area contributed by atoms with E-state index < -0.39 is 6.10 Å². The number of hydrogen-bond donors (Lipinski definition) is 2. The van der Waals surface area contributed by atoms with Gasteiger partial charge in [0.1, 0.15) is 0 Å². The molecule has 3 nitrogen and oxygen atoms in total. The second-order valence-electron chi connectivity index (χ2n) is 2.99. The molecule has 0 spiro atoms. The molecule has 74 valence electrons. The Morgan fingerprint density at radius 3 is 2.93 bits per heavy atom. The van der Waals surface area contributed by atoms with Crippen molar-refractivity contribution in [2.45, 2.75) is 13.0 Å². The van der Waals surface area contributed by atoms with Crippen LogP contribution < -0.4 is 5.32 Å². The van der Waals surface area contributed by atoms with Crippen molar-refractivity contribution in [1.82, 2.24) is 0 Å². The minimum absolute atomic E-state index is 0.129. The number of rotatable bonds is 3. The van der Waals surface area contributed by atoms with Crippen molar-refractivity contribution in [3.05, 3.63) is 42.5 Å². The number of amides is 1. The van der Waals surface area contributed by atoms with Crippen LogP contribution in [0.25, 0.3) is 0 Å². The molecule has 2 N–H and O–H groups in total. The van der Waals surface area contributed by atoms with Gasteiger partial charge >= 0.3 is 0 Å². The summed E-state index contributed by atoms with van der Waals surface area (Å²) < 4.78 is 0. The minimum atomic E-state index is -0.691. The van der Waals surface area contributed by atoms with Gasteiger partial charge in [0.2, 0.25) is 5.91 Å². The smallest absolute Gasteiger partial charge is 0.221 e. The molecule has 14 heavy (non-hydrogen) atoms. The molecular weight excluding hydrogens is 178 g/mol. The molecule has 0 fully saturated rings. The van der Waals surface area contributed by atoms with E-state index in [4.69, 9.17) is 0 Å². The lowest BCUT2D eigenvalue weighted by atomic mass is 10.1. The molecule has 0 aliphatic heterocycles. The van der Waals surface area contributed by atoms with Crippen LogP contribution >= 0.6 is 0 Å². The van der Waals surface area contributed by atoms with Gasteiger partial charge in [-0.1, -0.05) is 18.2 Å². The maximum absolute atomic E-state index is 10.8. The van der Waals surface area contributed by atoms with Gasteiger partial charge in [0, 0.05) is 12.6 Å². The van der Waals surface area contributed by atoms with Crippen molar-refractivity contribution in [2.75, 3.05) is 5.32 Å². The highest BCUT2D eigenvalue weighted by Crippen LogP contribution is 2.17. The summed E-state index contributed by atoms with van der Waals surface area (Å²) in [6.07, 6.45) is 0.746. The third kappa shape index (κ3) is 2.71. The van der Waals surface area contributed by atoms with Gasteiger partial charge in [0.15, 0.2) is 0 Å². The summed E-state index contributed by atoms with van der Waals surface area (Å²) in [7, 11) is 0. The molecular formula is C11H13NO2. The zero-order valence-electron chi connectivity index (χ0n) is 8.03. The highest BCUT2D eigenvalue weighted by atomic mass is 16.3. The van der Waals surface area contributed by atoms with Crippen molar-refractivity contribution in [3.63, 3.8) is 0 Å². The van der Waals surface area contributed by atoms with Crippen LogP contribution in [-0.2, 0) is 4.79 Å². The number of aliphatic hydroxyl groups excluding tert-OH is 1. The monoisotopic (exact) mass is 191 g/mol. The quantitative estimate of drug-likeness (QED) is 0.716. The lowest BCUT2D eigenvalue weighted by Gasteiger charge is -2.08. The molecule has 3 heteroatoms. The van der Waals surface area contributed by atoms with Crippen LogP contribution in [-0.4, -0.2) is 11.0 Å². The van der Waals surface area contributed by atoms with E-state index in [-0.39, 0.29) is 5.91 Å². The topological polar surface area (TPSA) is 49.3 Å². The largest absolute Gasteiger partial charge is 0.384 e. The van der Waals surface area contributed by atoms with E-state index in [0.29, 0.717) is 11.3 Å². The Morgan fingerprint density at radius 1 is 1.64 bits per heavy atom. The van der Waals surface area contributed by atoms with Gasteiger partial charge < -0.3 is 10.4 Å². The van der Waals surface area contributed by atoms with Gasteiger partial charge in [0.25, 0.3) is 0 Å². The first-order valence-corrected chi connectivity index (χ1v) is 4.31. The predicted octanol–water partition coefficient (Wildman–Crippen LogP) is 1.86. The van der Waals surface area contributed by atoms with Gasteiger partial charge in [-0.15, -0.1) is 6.58 Å². The predicted molar refractivity (Wildman–Crippen MR) is 55.9 cm³/mol. The Morgan fingerprint density at radius 2 is 2.36 bits per heavy atom. The lowest BCUT2D eigenvalue weighted by Crippen LogP contribution is -2.06. The fourth-order valence-electron chi connectivity index (χ4n) is 1.14. The number of benzene rings is 1. The second-order valence-corrected chi connectivity index (χ2v) is 2.99. The number of hydrogen-bond acceptors (Lipinski definition) is 2. The van der Waals surface area contributed by atoms with Gasteiger partial charge in [-0.05, 0) is 17.7 Å². The molecule has 1 rings (SSSR count). The van der Waals surface area contributed by atoms with Crippen LogP contribution in [0.1, 0.15) is 18.6 Å². The molecule has 0 heterocycles. The molecule has 1 aromatic rings. The number of nitrogens with one attached hydrogen (secondary N) is 1. The average molecular weight is 191 g/mol. The van der Waals surface area contributed by atoms with Gasteiger partial charge in [0.05, 0.1) is 6.10 Å². The summed E-state index contributed by atoms with van der Waals surface area (Å²) in [5.74, 6) is -0.129. The van der Waals surface area contributed by atoms with Crippen LogP contribution in [0.5, 0.6) is 0 Å². The molecule has 1 aromatic carbocycles. The Hall–Kier alpha value is -1.61. The lowest BCUT2D eigenvalue weighted by molar-refractivity contribution is -0.114. The van der Waals surface area contributed by atoms with Crippen LogP contribution in [0.2, 0.25) is 0 Å². The molecule has 0 saturated carbocycles. The Kier molecular flexibility index (Phi) is 3.42. The molecule has 1 unspecified atom stereocenters. The molecule has 0 bridgehead atoms. The second kappa shape index (κ2) is 4.58. The molecule has 0 saturated heterocycles. The molecule has 1 amide bonds. The van der Waals surface area contributed by atoms with Gasteiger partial charge in [-0.2, -0.15) is 0 Å². The van der Waals surface area contributed by atoms with Gasteiger partial charge in [-0.25, -0.2) is 0 Å². The summed E-state index contributed by atoms with van der Waals surface area (Å²) in [5.41, 5.74) is 1.39. The van der Waals surface area contributed by atoms with Crippen molar-refractivity contribution in [2.24, 2.45) is 0 Å². The fraction of sp³-hybridized carbons (Fsp3) is 0.182. The third-order valence-corrected chi connectivity index (χ3v) is 1.77. The Balaban J connectivity index is 2.88. The van der Waals surface area contributed by atoms with Crippen LogP contribution in [0.3, 0.4) is 0 Å². The average Bonchev–Trinajstić information content (AvgIpc) is 2.16. The first kappa shape index (κ1) is 10.5. The Labute approximate surface area is 83.1 Å². The van der Waals surface area contributed by atoms with E-state index in [1.54, 1.807) is 24.3 Å². The Bertz CT molecular complexity index is 347. The molecule has 0 aliphatic carbocycles. The number of carbonyl (C=O) groups is 1. The van der Waals surface area contributed by atoms with Crippen molar-refractivity contribution in [3.8, 4) is 0 Å². The van der Waals surface area contributed by atoms with Crippen molar-refractivity contribution < 1.29 is 9.90 Å². The van der Waals surface area contributed by atoms with E-state index in [0.717, 1.165) is 0 Å². The first-order chi connectivity index (χ1) is 6.63. The summed E-state index contributed by atoms with van der Waals surface area (Å²) >= 11 is 0. The fourth-order valence-corrected chi connectivity index (χ4v) is 1.14. The summed E-state index contributed by atoms with van der Waals surface area (Å²) in [5, 5.41) is 12.1. The third-order valence-electron chi connectivity index (χ3n) is 1.77. The highest BCUT2D eigenvalue weighted by Gasteiger charge is 2.03. The number of aliphatic hydroxyl groups is 1. The van der Waals surface area contributed by atoms with E-state index in [1.807, 2.05) is 0 Å². The zero-order chi connectivity index (χ0) is 10.6. The van der Waals surface area contributed by atoms with E-state index in [9.17, 15) is 9.90 Å². The van der Waals surface area contributed by atoms with Crippen LogP contribution in [0.4, 0.5) is 5.69 Å². The normalized spacial score (nSPS) is 11.9. The van der Waals surface area contributed by atoms with E-state index in [1.165, 1.54) is 13.0 Å². The molecule has 0 aromatic heterocycles. The SMILES string of the molecule is C=CC(O)c1cccc(NC(C)=O)c1. The first-order valence-electron chi connectivity index (χ1n) is 4.31. The number of anilines is 1. The molecule has 0 radical (unpaired) electrons.